The highest BCUT2D eigenvalue weighted by Gasteiger charge is 2.54. The molecule has 1 saturated carbocycles. The van der Waals surface area contributed by atoms with E-state index < -0.39 is 5.41 Å². The van der Waals surface area contributed by atoms with Crippen molar-refractivity contribution in [1.29, 1.82) is 0 Å². The van der Waals surface area contributed by atoms with Crippen LogP contribution in [0.5, 0.6) is 0 Å². The highest BCUT2D eigenvalue weighted by atomic mass is 16.5. The molecular formula is C11H20N4O3. The Morgan fingerprint density at radius 1 is 1.44 bits per heavy atom. The molecule has 1 amide bonds. The van der Waals surface area contributed by atoms with E-state index in [-0.39, 0.29) is 11.7 Å². The van der Waals surface area contributed by atoms with Crippen molar-refractivity contribution in [3.05, 3.63) is 0 Å². The normalized spacial score (nSPS) is 23.7. The third-order valence-corrected chi connectivity index (χ3v) is 3.60. The molecule has 0 aromatic carbocycles. The van der Waals surface area contributed by atoms with E-state index in [2.05, 4.69) is 15.4 Å². The highest BCUT2D eigenvalue weighted by molar-refractivity contribution is 6.09. The Hall–Kier alpha value is -1.34. The van der Waals surface area contributed by atoms with E-state index in [9.17, 15) is 4.79 Å². The quantitative estimate of drug-likeness (QED) is 0.252. The molecule has 1 saturated heterocycles. The van der Waals surface area contributed by atoms with Crippen molar-refractivity contribution in [1.82, 2.24) is 10.2 Å². The molecule has 1 heterocycles. The maximum atomic E-state index is 11.9. The number of amides is 1. The third-order valence-electron chi connectivity index (χ3n) is 3.60. The lowest BCUT2D eigenvalue weighted by atomic mass is 10.1. The minimum atomic E-state index is -0.750. The maximum absolute atomic E-state index is 11.9. The minimum Gasteiger partial charge on any atom is -0.409 e. The van der Waals surface area contributed by atoms with Crippen LogP contribution in [0.2, 0.25) is 0 Å². The summed E-state index contributed by atoms with van der Waals surface area (Å²) in [6.07, 6.45) is 1.32. The van der Waals surface area contributed by atoms with Crippen molar-refractivity contribution in [3.63, 3.8) is 0 Å². The molecule has 0 atom stereocenters. The van der Waals surface area contributed by atoms with Gasteiger partial charge in [0.05, 0.1) is 13.2 Å². The molecule has 1 aliphatic heterocycles. The maximum Gasteiger partial charge on any atom is 0.234 e. The fourth-order valence-electron chi connectivity index (χ4n) is 2.14. The summed E-state index contributed by atoms with van der Waals surface area (Å²) >= 11 is 0. The van der Waals surface area contributed by atoms with Crippen LogP contribution in [0.3, 0.4) is 0 Å². The molecule has 4 N–H and O–H groups in total. The predicted molar refractivity (Wildman–Crippen MR) is 65.3 cm³/mol. The lowest BCUT2D eigenvalue weighted by molar-refractivity contribution is -0.124. The Balaban J connectivity index is 1.72. The van der Waals surface area contributed by atoms with Crippen LogP contribution in [0.25, 0.3) is 0 Å². The van der Waals surface area contributed by atoms with Crippen molar-refractivity contribution in [2.75, 3.05) is 39.4 Å². The Labute approximate surface area is 106 Å². The summed E-state index contributed by atoms with van der Waals surface area (Å²) < 4.78 is 5.25. The summed E-state index contributed by atoms with van der Waals surface area (Å²) in [6.45, 7) is 4.70. The summed E-state index contributed by atoms with van der Waals surface area (Å²) in [7, 11) is 0. The zero-order chi connectivity index (χ0) is 13.0. The van der Waals surface area contributed by atoms with E-state index in [0.29, 0.717) is 19.4 Å². The fraction of sp³-hybridized carbons (Fsp3) is 0.818. The first-order valence-electron chi connectivity index (χ1n) is 6.25. The largest absolute Gasteiger partial charge is 0.409 e. The molecule has 7 nitrogen and oxygen atoms in total. The highest BCUT2D eigenvalue weighted by Crippen LogP contribution is 2.45. The smallest absolute Gasteiger partial charge is 0.234 e. The number of amidine groups is 1. The number of rotatable bonds is 5. The van der Waals surface area contributed by atoms with Crippen molar-refractivity contribution >= 4 is 11.7 Å². The van der Waals surface area contributed by atoms with Crippen LogP contribution >= 0.6 is 0 Å². The van der Waals surface area contributed by atoms with Crippen LogP contribution in [-0.4, -0.2) is 61.2 Å². The summed E-state index contributed by atoms with van der Waals surface area (Å²) in [6, 6.07) is 0. The first kappa shape index (κ1) is 13.1. The second kappa shape index (κ2) is 5.53. The molecule has 2 fully saturated rings. The molecule has 18 heavy (non-hydrogen) atoms. The van der Waals surface area contributed by atoms with Gasteiger partial charge in [0.25, 0.3) is 0 Å². The van der Waals surface area contributed by atoms with E-state index in [1.807, 2.05) is 0 Å². The fourth-order valence-corrected chi connectivity index (χ4v) is 2.14. The van der Waals surface area contributed by atoms with Gasteiger partial charge in [0.2, 0.25) is 5.91 Å². The molecule has 0 spiro atoms. The summed E-state index contributed by atoms with van der Waals surface area (Å²) in [4.78, 5) is 14.2. The van der Waals surface area contributed by atoms with Crippen LogP contribution in [0.1, 0.15) is 12.8 Å². The van der Waals surface area contributed by atoms with Crippen LogP contribution in [-0.2, 0) is 9.53 Å². The average molecular weight is 256 g/mol. The van der Waals surface area contributed by atoms with Gasteiger partial charge in [-0.1, -0.05) is 5.16 Å². The monoisotopic (exact) mass is 256 g/mol. The van der Waals surface area contributed by atoms with Crippen molar-refractivity contribution < 1.29 is 14.7 Å². The Morgan fingerprint density at radius 2 is 2.11 bits per heavy atom. The van der Waals surface area contributed by atoms with E-state index in [1.165, 1.54) is 0 Å². The third kappa shape index (κ3) is 2.73. The molecular weight excluding hydrogens is 236 g/mol. The number of carbonyl (C=O) groups excluding carboxylic acids is 1. The number of ether oxygens (including phenoxy) is 1. The zero-order valence-corrected chi connectivity index (χ0v) is 10.4. The van der Waals surface area contributed by atoms with Crippen LogP contribution < -0.4 is 11.1 Å². The van der Waals surface area contributed by atoms with Crippen molar-refractivity contribution in [2.45, 2.75) is 12.8 Å². The lowest BCUT2D eigenvalue weighted by Crippen LogP contribution is -2.45. The number of morpholine rings is 1. The van der Waals surface area contributed by atoms with Gasteiger partial charge in [0, 0.05) is 26.2 Å². The number of carbonyl (C=O) groups is 1. The second-order valence-corrected chi connectivity index (χ2v) is 4.78. The van der Waals surface area contributed by atoms with Gasteiger partial charge >= 0.3 is 0 Å². The Kier molecular flexibility index (Phi) is 4.03. The lowest BCUT2D eigenvalue weighted by Gasteiger charge is -2.26. The molecule has 0 unspecified atom stereocenters. The van der Waals surface area contributed by atoms with Crippen LogP contribution in [0, 0.1) is 5.41 Å². The van der Waals surface area contributed by atoms with Gasteiger partial charge in [-0.15, -0.1) is 0 Å². The van der Waals surface area contributed by atoms with Crippen LogP contribution in [0.15, 0.2) is 5.16 Å². The molecule has 102 valence electrons. The number of oxime groups is 1. The molecule has 0 aromatic rings. The molecule has 0 radical (unpaired) electrons. The standard InChI is InChI=1S/C11H20N4O3/c12-9(14-17)11(1-2-11)10(16)13-3-4-15-5-7-18-8-6-15/h17H,1-8H2,(H2,12,14)(H,13,16). The minimum absolute atomic E-state index is 0.0198. The van der Waals surface area contributed by atoms with Gasteiger partial charge in [0.15, 0.2) is 5.84 Å². The second-order valence-electron chi connectivity index (χ2n) is 4.78. The Bertz CT molecular complexity index is 335. The first-order chi connectivity index (χ1) is 8.69. The molecule has 0 aromatic heterocycles. The summed E-state index contributed by atoms with van der Waals surface area (Å²) in [5.74, 6) is -0.113. The summed E-state index contributed by atoms with van der Waals surface area (Å²) in [5.41, 5.74) is 4.79. The molecule has 0 bridgehead atoms. The van der Waals surface area contributed by atoms with Crippen molar-refractivity contribution in [2.24, 2.45) is 16.3 Å². The van der Waals surface area contributed by atoms with Crippen molar-refractivity contribution in [3.8, 4) is 0 Å². The molecule has 2 rings (SSSR count). The average Bonchev–Trinajstić information content (AvgIpc) is 3.20. The van der Waals surface area contributed by atoms with E-state index in [0.717, 1.165) is 32.8 Å². The first-order valence-corrected chi connectivity index (χ1v) is 6.25. The molecule has 2 aliphatic rings. The van der Waals surface area contributed by atoms with Gasteiger partial charge in [-0.25, -0.2) is 0 Å². The number of nitrogens with zero attached hydrogens (tertiary/aromatic N) is 2. The SMILES string of the molecule is NC(=NO)C1(C(=O)NCCN2CCOCC2)CC1. The number of nitrogens with one attached hydrogen (secondary N) is 1. The van der Waals surface area contributed by atoms with Crippen LogP contribution in [0.4, 0.5) is 0 Å². The zero-order valence-electron chi connectivity index (χ0n) is 10.4. The van der Waals surface area contributed by atoms with E-state index in [4.69, 9.17) is 15.7 Å². The van der Waals surface area contributed by atoms with E-state index in [1.54, 1.807) is 0 Å². The summed E-state index contributed by atoms with van der Waals surface area (Å²) in [5, 5.41) is 14.5. The van der Waals surface area contributed by atoms with Gasteiger partial charge < -0.3 is 21.0 Å². The number of nitrogens with two attached hydrogens (primary N) is 1. The number of hydrogen-bond donors (Lipinski definition) is 3. The predicted octanol–water partition coefficient (Wildman–Crippen LogP) is -1.04. The Morgan fingerprint density at radius 3 is 2.67 bits per heavy atom. The van der Waals surface area contributed by atoms with Gasteiger partial charge in [-0.05, 0) is 12.8 Å². The molecule has 7 heteroatoms. The number of hydrogen-bond acceptors (Lipinski definition) is 5. The van der Waals surface area contributed by atoms with E-state index >= 15 is 0 Å². The van der Waals surface area contributed by atoms with Gasteiger partial charge in [0.1, 0.15) is 5.41 Å². The topological polar surface area (TPSA) is 100 Å². The van der Waals surface area contributed by atoms with Gasteiger partial charge in [-0.3, -0.25) is 9.69 Å². The van der Waals surface area contributed by atoms with Gasteiger partial charge in [-0.2, -0.15) is 0 Å². The molecule has 1 aliphatic carbocycles.